The molecule has 1 amide bonds. The molecule has 2 N–H and O–H groups in total. The number of likely N-dealkylation sites (tertiary alicyclic amines) is 1. The van der Waals surface area contributed by atoms with Gasteiger partial charge in [-0.05, 0) is 12.5 Å². The number of H-pyrrole nitrogens is 2. The Balaban J connectivity index is 2.20. The largest absolute Gasteiger partial charge is 0.338 e. The van der Waals surface area contributed by atoms with Crippen molar-refractivity contribution in [1.29, 1.82) is 0 Å². The predicted octanol–water partition coefficient (Wildman–Crippen LogP) is -0.435. The molecule has 0 saturated carbocycles. The van der Waals surface area contributed by atoms with Crippen molar-refractivity contribution >= 4 is 5.91 Å². The lowest BCUT2D eigenvalue weighted by Crippen LogP contribution is -2.28. The van der Waals surface area contributed by atoms with Crippen LogP contribution in [0.15, 0.2) is 28.3 Å². The van der Waals surface area contributed by atoms with Crippen LogP contribution >= 0.6 is 0 Å². The van der Waals surface area contributed by atoms with Gasteiger partial charge in [-0.25, -0.2) is 4.79 Å². The summed E-state index contributed by atoms with van der Waals surface area (Å²) in [6.07, 6.45) is 2.00. The van der Waals surface area contributed by atoms with E-state index in [0.717, 1.165) is 6.42 Å². The highest BCUT2D eigenvalue weighted by Crippen LogP contribution is 2.24. The maximum absolute atomic E-state index is 11.4. The molecule has 6 nitrogen and oxygen atoms in total. The van der Waals surface area contributed by atoms with E-state index in [9.17, 15) is 14.4 Å². The molecule has 1 aromatic rings. The first kappa shape index (κ1) is 11.4. The summed E-state index contributed by atoms with van der Waals surface area (Å²) in [4.78, 5) is 40.0. The Labute approximate surface area is 97.0 Å². The predicted molar refractivity (Wildman–Crippen MR) is 61.8 cm³/mol. The van der Waals surface area contributed by atoms with Gasteiger partial charge in [0.05, 0.1) is 0 Å². The van der Waals surface area contributed by atoms with Gasteiger partial charge in [-0.2, -0.15) is 0 Å². The number of aromatic nitrogens is 2. The molecule has 1 unspecified atom stereocenters. The number of hydrogen-bond acceptors (Lipinski definition) is 3. The minimum atomic E-state index is -0.513. The molecule has 0 aromatic carbocycles. The van der Waals surface area contributed by atoms with Crippen LogP contribution < -0.4 is 11.2 Å². The lowest BCUT2D eigenvalue weighted by Gasteiger charge is -2.13. The fraction of sp³-hybridized carbons (Fsp3) is 0.364. The summed E-state index contributed by atoms with van der Waals surface area (Å²) in [5.74, 6) is -0.117. The Hall–Kier alpha value is -2.11. The second-order valence-corrected chi connectivity index (χ2v) is 4.02. The van der Waals surface area contributed by atoms with E-state index in [1.807, 2.05) is 0 Å². The van der Waals surface area contributed by atoms with Gasteiger partial charge in [0.2, 0.25) is 5.91 Å². The monoisotopic (exact) mass is 235 g/mol. The lowest BCUT2D eigenvalue weighted by atomic mass is 10.1. The van der Waals surface area contributed by atoms with Crippen molar-refractivity contribution in [3.05, 3.63) is 45.3 Å². The van der Waals surface area contributed by atoms with E-state index in [4.69, 9.17) is 0 Å². The van der Waals surface area contributed by atoms with Gasteiger partial charge in [-0.15, -0.1) is 0 Å². The summed E-state index contributed by atoms with van der Waals surface area (Å²) in [5.41, 5.74) is -0.351. The van der Waals surface area contributed by atoms with Gasteiger partial charge < -0.3 is 9.88 Å². The smallest absolute Gasteiger partial charge is 0.325 e. The van der Waals surface area contributed by atoms with Gasteiger partial charge in [0.15, 0.2) is 0 Å². The summed E-state index contributed by atoms with van der Waals surface area (Å²) >= 11 is 0. The number of carbonyl (C=O) groups excluding carboxylic acids is 1. The van der Waals surface area contributed by atoms with Crippen LogP contribution in [0.5, 0.6) is 0 Å². The zero-order chi connectivity index (χ0) is 12.4. The molecule has 1 aliphatic rings. The molecule has 0 bridgehead atoms. The molecule has 17 heavy (non-hydrogen) atoms. The molecular formula is C11H13N3O3. The second-order valence-electron chi connectivity index (χ2n) is 4.02. The molecule has 1 saturated heterocycles. The molecule has 6 heteroatoms. The van der Waals surface area contributed by atoms with E-state index < -0.39 is 11.2 Å². The third kappa shape index (κ3) is 2.35. The fourth-order valence-electron chi connectivity index (χ4n) is 2.05. The highest BCUT2D eigenvalue weighted by Gasteiger charge is 2.26. The molecule has 0 aliphatic carbocycles. The molecular weight excluding hydrogens is 222 g/mol. The van der Waals surface area contributed by atoms with Crippen LogP contribution in [0.4, 0.5) is 0 Å². The molecule has 2 heterocycles. The zero-order valence-electron chi connectivity index (χ0n) is 9.23. The number of rotatable bonds is 2. The second kappa shape index (κ2) is 4.40. The van der Waals surface area contributed by atoms with E-state index in [0.29, 0.717) is 18.8 Å². The molecule has 90 valence electrons. The maximum Gasteiger partial charge on any atom is 0.325 e. The van der Waals surface area contributed by atoms with Crippen LogP contribution in [0.25, 0.3) is 0 Å². The van der Waals surface area contributed by atoms with E-state index in [1.54, 1.807) is 4.90 Å². The lowest BCUT2D eigenvalue weighted by molar-refractivity contribution is -0.125. The third-order valence-electron chi connectivity index (χ3n) is 2.90. The van der Waals surface area contributed by atoms with Crippen molar-refractivity contribution in [1.82, 2.24) is 14.9 Å². The standard InChI is InChI=1S/C11H13N3O3/c1-2-10(16)14-4-3-7(6-14)8-5-9(15)13-11(17)12-8/h2,5,7H,1,3-4,6H2,(H2,12,13,15,17). The van der Waals surface area contributed by atoms with E-state index in [1.165, 1.54) is 12.1 Å². The van der Waals surface area contributed by atoms with E-state index >= 15 is 0 Å². The van der Waals surface area contributed by atoms with Crippen molar-refractivity contribution in [2.45, 2.75) is 12.3 Å². The Bertz CT molecular complexity index is 529. The summed E-state index contributed by atoms with van der Waals surface area (Å²) < 4.78 is 0. The Kier molecular flexibility index (Phi) is 2.95. The number of nitrogens with zero attached hydrogens (tertiary/aromatic N) is 1. The van der Waals surface area contributed by atoms with Crippen molar-refractivity contribution in [2.75, 3.05) is 13.1 Å². The molecule has 1 atom stereocenters. The molecule has 1 aliphatic heterocycles. The van der Waals surface area contributed by atoms with Gasteiger partial charge in [0.25, 0.3) is 5.56 Å². The average Bonchev–Trinajstić information content (AvgIpc) is 2.76. The first-order valence-electron chi connectivity index (χ1n) is 5.35. The first-order valence-corrected chi connectivity index (χ1v) is 5.35. The minimum absolute atomic E-state index is 0.00824. The number of carbonyl (C=O) groups is 1. The number of nitrogens with one attached hydrogen (secondary N) is 2. The van der Waals surface area contributed by atoms with Gasteiger partial charge in [-0.1, -0.05) is 6.58 Å². The topological polar surface area (TPSA) is 86.0 Å². The molecule has 0 spiro atoms. The molecule has 0 radical (unpaired) electrons. The summed E-state index contributed by atoms with van der Waals surface area (Å²) in [7, 11) is 0. The minimum Gasteiger partial charge on any atom is -0.338 e. The summed E-state index contributed by atoms with van der Waals surface area (Å²) in [5, 5.41) is 0. The van der Waals surface area contributed by atoms with Gasteiger partial charge in [0, 0.05) is 30.8 Å². The van der Waals surface area contributed by atoms with Crippen LogP contribution in [-0.4, -0.2) is 33.9 Å². The Morgan fingerprint density at radius 3 is 2.88 bits per heavy atom. The Morgan fingerprint density at radius 2 is 2.24 bits per heavy atom. The Morgan fingerprint density at radius 1 is 1.47 bits per heavy atom. The highest BCUT2D eigenvalue weighted by atomic mass is 16.2. The highest BCUT2D eigenvalue weighted by molar-refractivity contribution is 5.87. The quantitative estimate of drug-likeness (QED) is 0.682. The molecule has 1 aromatic heterocycles. The number of aromatic amines is 2. The normalized spacial score (nSPS) is 19.3. The van der Waals surface area contributed by atoms with E-state index in [-0.39, 0.29) is 11.8 Å². The SMILES string of the molecule is C=CC(=O)N1CCC(c2cc(=O)[nH]c(=O)[nH]2)C1. The van der Waals surface area contributed by atoms with Crippen molar-refractivity contribution in [3.63, 3.8) is 0 Å². The van der Waals surface area contributed by atoms with Crippen LogP contribution in [0, 0.1) is 0 Å². The van der Waals surface area contributed by atoms with Crippen LogP contribution in [0.2, 0.25) is 0 Å². The van der Waals surface area contributed by atoms with Crippen LogP contribution in [-0.2, 0) is 4.79 Å². The fourth-order valence-corrected chi connectivity index (χ4v) is 2.05. The summed E-state index contributed by atoms with van der Waals surface area (Å²) in [6.45, 7) is 4.55. The summed E-state index contributed by atoms with van der Waals surface area (Å²) in [6, 6.07) is 1.37. The number of amides is 1. The first-order chi connectivity index (χ1) is 8.10. The van der Waals surface area contributed by atoms with Crippen LogP contribution in [0.1, 0.15) is 18.0 Å². The van der Waals surface area contributed by atoms with Crippen molar-refractivity contribution in [3.8, 4) is 0 Å². The van der Waals surface area contributed by atoms with Crippen LogP contribution in [0.3, 0.4) is 0 Å². The molecule has 2 rings (SSSR count). The third-order valence-corrected chi connectivity index (χ3v) is 2.90. The molecule has 1 fully saturated rings. The van der Waals surface area contributed by atoms with Gasteiger partial charge in [-0.3, -0.25) is 14.6 Å². The van der Waals surface area contributed by atoms with Crippen molar-refractivity contribution < 1.29 is 4.79 Å². The van der Waals surface area contributed by atoms with Gasteiger partial charge in [0.1, 0.15) is 0 Å². The van der Waals surface area contributed by atoms with Crippen molar-refractivity contribution in [2.24, 2.45) is 0 Å². The maximum atomic E-state index is 11.4. The van der Waals surface area contributed by atoms with E-state index in [2.05, 4.69) is 16.5 Å². The van der Waals surface area contributed by atoms with Gasteiger partial charge >= 0.3 is 5.69 Å². The average molecular weight is 235 g/mol. The number of hydrogen-bond donors (Lipinski definition) is 2. The zero-order valence-corrected chi connectivity index (χ0v) is 9.23.